The van der Waals surface area contributed by atoms with Gasteiger partial charge in [0.05, 0.1) is 0 Å². The predicted molar refractivity (Wildman–Crippen MR) is 66.2 cm³/mol. The van der Waals surface area contributed by atoms with Crippen molar-refractivity contribution in [1.82, 2.24) is 5.32 Å². The summed E-state index contributed by atoms with van der Waals surface area (Å²) in [4.78, 5) is 1.03. The molecule has 15 heavy (non-hydrogen) atoms. The van der Waals surface area contributed by atoms with Crippen LogP contribution < -0.4 is 5.32 Å². The van der Waals surface area contributed by atoms with Gasteiger partial charge >= 0.3 is 0 Å². The van der Waals surface area contributed by atoms with Gasteiger partial charge in [-0.2, -0.15) is 0 Å². The summed E-state index contributed by atoms with van der Waals surface area (Å²) in [5, 5.41) is 15.2. The number of rotatable bonds is 4. The molecule has 0 aliphatic carbocycles. The van der Waals surface area contributed by atoms with Crippen LogP contribution in [0.2, 0.25) is 0 Å². The molecule has 2 nitrogen and oxygen atoms in total. The van der Waals surface area contributed by atoms with E-state index in [9.17, 15) is 5.11 Å². The molecule has 0 fully saturated rings. The first kappa shape index (κ1) is 12.7. The average molecular weight is 227 g/mol. The van der Waals surface area contributed by atoms with E-state index in [1.165, 1.54) is 0 Å². The smallest absolute Gasteiger partial charge is 0.101 e. The van der Waals surface area contributed by atoms with Crippen LogP contribution >= 0.6 is 11.3 Å². The fraction of sp³-hybridized carbons (Fsp3) is 0.667. The third-order valence-corrected chi connectivity index (χ3v) is 3.76. The van der Waals surface area contributed by atoms with Gasteiger partial charge in [-0.25, -0.2) is 0 Å². The average Bonchev–Trinajstić information content (AvgIpc) is 2.64. The van der Waals surface area contributed by atoms with E-state index in [4.69, 9.17) is 0 Å². The monoisotopic (exact) mass is 227 g/mol. The van der Waals surface area contributed by atoms with E-state index in [0.29, 0.717) is 12.6 Å². The maximum absolute atomic E-state index is 9.87. The minimum atomic E-state index is -0.380. The zero-order chi connectivity index (χ0) is 11.5. The van der Waals surface area contributed by atoms with E-state index in [1.807, 2.05) is 17.5 Å². The molecule has 1 aromatic heterocycles. The highest BCUT2D eigenvalue weighted by Gasteiger charge is 2.20. The molecule has 0 saturated carbocycles. The van der Waals surface area contributed by atoms with Crippen molar-refractivity contribution in [3.05, 3.63) is 22.4 Å². The molecule has 1 heterocycles. The third-order valence-electron chi connectivity index (χ3n) is 2.79. The van der Waals surface area contributed by atoms with Crippen LogP contribution in [-0.4, -0.2) is 17.7 Å². The quantitative estimate of drug-likeness (QED) is 0.829. The predicted octanol–water partition coefficient (Wildman–Crippen LogP) is 2.81. The molecular formula is C12H21NOS. The Morgan fingerprint density at radius 2 is 2.13 bits per heavy atom. The number of nitrogens with one attached hydrogen (secondary N) is 1. The second-order valence-corrected chi connectivity index (χ2v) is 6.01. The van der Waals surface area contributed by atoms with Crippen molar-refractivity contribution in [3.63, 3.8) is 0 Å². The number of hydrogen-bond acceptors (Lipinski definition) is 3. The zero-order valence-corrected chi connectivity index (χ0v) is 10.8. The van der Waals surface area contributed by atoms with Crippen LogP contribution in [0.15, 0.2) is 17.5 Å². The van der Waals surface area contributed by atoms with E-state index in [0.717, 1.165) is 4.88 Å². The highest BCUT2D eigenvalue weighted by molar-refractivity contribution is 7.10. The molecule has 0 radical (unpaired) electrons. The standard InChI is InChI=1S/C12H21NOS/c1-9(12(2,3)4)13-8-10(14)11-6-5-7-15-11/h5-7,9-10,13-14H,8H2,1-4H3. The molecule has 3 heteroatoms. The molecule has 1 aromatic rings. The van der Waals surface area contributed by atoms with E-state index < -0.39 is 0 Å². The van der Waals surface area contributed by atoms with Gasteiger partial charge in [-0.15, -0.1) is 11.3 Å². The normalized spacial score (nSPS) is 16.3. The van der Waals surface area contributed by atoms with Gasteiger partial charge in [0.2, 0.25) is 0 Å². The van der Waals surface area contributed by atoms with Crippen molar-refractivity contribution in [1.29, 1.82) is 0 Å². The van der Waals surface area contributed by atoms with Gasteiger partial charge in [-0.05, 0) is 23.8 Å². The van der Waals surface area contributed by atoms with Crippen LogP contribution in [0.3, 0.4) is 0 Å². The number of thiophene rings is 1. The Labute approximate surface area is 96.3 Å². The molecule has 2 atom stereocenters. The second-order valence-electron chi connectivity index (χ2n) is 5.03. The Morgan fingerprint density at radius 3 is 2.60 bits per heavy atom. The molecule has 0 aliphatic rings. The Morgan fingerprint density at radius 1 is 1.47 bits per heavy atom. The SMILES string of the molecule is CC(NCC(O)c1cccs1)C(C)(C)C. The fourth-order valence-electron chi connectivity index (χ4n) is 1.18. The van der Waals surface area contributed by atoms with Crippen molar-refractivity contribution < 1.29 is 5.11 Å². The van der Waals surface area contributed by atoms with Gasteiger partial charge < -0.3 is 10.4 Å². The molecule has 0 spiro atoms. The topological polar surface area (TPSA) is 32.3 Å². The van der Waals surface area contributed by atoms with Crippen LogP contribution in [-0.2, 0) is 0 Å². The zero-order valence-electron chi connectivity index (χ0n) is 9.95. The molecule has 0 aliphatic heterocycles. The molecule has 86 valence electrons. The van der Waals surface area contributed by atoms with E-state index >= 15 is 0 Å². The lowest BCUT2D eigenvalue weighted by Crippen LogP contribution is -2.39. The Hall–Kier alpha value is -0.380. The lowest BCUT2D eigenvalue weighted by molar-refractivity contribution is 0.161. The van der Waals surface area contributed by atoms with Crippen molar-refractivity contribution in [2.75, 3.05) is 6.54 Å². The first-order chi connectivity index (χ1) is 6.91. The second kappa shape index (κ2) is 5.10. The first-order valence-corrected chi connectivity index (χ1v) is 6.24. The van der Waals surface area contributed by atoms with E-state index in [1.54, 1.807) is 11.3 Å². The van der Waals surface area contributed by atoms with E-state index in [-0.39, 0.29) is 11.5 Å². The lowest BCUT2D eigenvalue weighted by atomic mass is 9.88. The molecule has 0 bridgehead atoms. The van der Waals surface area contributed by atoms with Gasteiger partial charge in [0.15, 0.2) is 0 Å². The Bertz CT molecular complexity index is 276. The van der Waals surface area contributed by atoms with Gasteiger partial charge in [0, 0.05) is 17.5 Å². The molecule has 1 rings (SSSR count). The summed E-state index contributed by atoms with van der Waals surface area (Å²) in [5.74, 6) is 0. The van der Waals surface area contributed by atoms with Gasteiger partial charge in [-0.1, -0.05) is 26.8 Å². The lowest BCUT2D eigenvalue weighted by Gasteiger charge is -2.29. The van der Waals surface area contributed by atoms with Crippen LogP contribution in [0.4, 0.5) is 0 Å². The maximum Gasteiger partial charge on any atom is 0.101 e. The maximum atomic E-state index is 9.87. The molecule has 0 aromatic carbocycles. The third kappa shape index (κ3) is 3.93. The van der Waals surface area contributed by atoms with E-state index in [2.05, 4.69) is 33.0 Å². The summed E-state index contributed by atoms with van der Waals surface area (Å²) in [6.07, 6.45) is -0.380. The Balaban J connectivity index is 2.38. The minimum Gasteiger partial charge on any atom is -0.386 e. The first-order valence-electron chi connectivity index (χ1n) is 5.36. The minimum absolute atomic E-state index is 0.231. The van der Waals surface area contributed by atoms with Crippen molar-refractivity contribution in [2.24, 2.45) is 5.41 Å². The van der Waals surface area contributed by atoms with Gasteiger partial charge in [0.1, 0.15) is 6.10 Å². The number of aliphatic hydroxyl groups is 1. The van der Waals surface area contributed by atoms with Crippen LogP contribution in [0.5, 0.6) is 0 Å². The van der Waals surface area contributed by atoms with Crippen molar-refractivity contribution in [3.8, 4) is 0 Å². The largest absolute Gasteiger partial charge is 0.386 e. The van der Waals surface area contributed by atoms with Crippen LogP contribution in [0.25, 0.3) is 0 Å². The summed E-state index contributed by atoms with van der Waals surface area (Å²) < 4.78 is 0. The summed E-state index contributed by atoms with van der Waals surface area (Å²) in [6.45, 7) is 9.37. The highest BCUT2D eigenvalue weighted by atomic mass is 32.1. The van der Waals surface area contributed by atoms with Crippen LogP contribution in [0, 0.1) is 5.41 Å². The summed E-state index contributed by atoms with van der Waals surface area (Å²) >= 11 is 1.60. The fourth-order valence-corrected chi connectivity index (χ4v) is 1.89. The molecule has 0 amide bonds. The molecule has 2 unspecified atom stereocenters. The number of aliphatic hydroxyl groups excluding tert-OH is 1. The highest BCUT2D eigenvalue weighted by Crippen LogP contribution is 2.21. The Kier molecular flexibility index (Phi) is 4.32. The molecule has 0 saturated heterocycles. The summed E-state index contributed by atoms with van der Waals surface area (Å²) in [5.41, 5.74) is 0.231. The number of hydrogen-bond donors (Lipinski definition) is 2. The molecular weight excluding hydrogens is 206 g/mol. The summed E-state index contributed by atoms with van der Waals surface area (Å²) in [7, 11) is 0. The molecule has 2 N–H and O–H groups in total. The summed E-state index contributed by atoms with van der Waals surface area (Å²) in [6, 6.07) is 4.34. The van der Waals surface area contributed by atoms with Crippen molar-refractivity contribution in [2.45, 2.75) is 39.8 Å². The van der Waals surface area contributed by atoms with Crippen molar-refractivity contribution >= 4 is 11.3 Å². The van der Waals surface area contributed by atoms with Crippen LogP contribution in [0.1, 0.15) is 38.7 Å². The van der Waals surface area contributed by atoms with Gasteiger partial charge in [0.25, 0.3) is 0 Å². The van der Waals surface area contributed by atoms with Gasteiger partial charge in [-0.3, -0.25) is 0 Å².